The van der Waals surface area contributed by atoms with Crippen molar-refractivity contribution in [1.29, 1.82) is 0 Å². The van der Waals surface area contributed by atoms with Crippen LogP contribution in [0.2, 0.25) is 0 Å². The maximum atomic E-state index is 11.7. The van der Waals surface area contributed by atoms with Crippen LogP contribution < -0.4 is 0 Å². The topological polar surface area (TPSA) is 63.1 Å². The first kappa shape index (κ1) is 29.4. The number of rotatable bonds is 8. The molecule has 0 spiro atoms. The van der Waals surface area contributed by atoms with E-state index in [-0.39, 0.29) is 43.5 Å². The standard InChI is InChI=1S/C18H11N2.C13H24O2.Ir/c1-2-6-14-11-15(10-9-13(14)5-1)18-16-7-3-4-8-17(16)19-12-20-18;1-5-10(6-2)12(14)9-13(15)11(7-3)8-4;/h1-10,12H;9-11,14H,5-8H2,1-4H3;/q-1;;/b;12-9-;. The minimum Gasteiger partial charge on any atom is -0.512 e. The van der Waals surface area contributed by atoms with Gasteiger partial charge in [-0.05, 0) is 37.1 Å². The summed E-state index contributed by atoms with van der Waals surface area (Å²) in [7, 11) is 0. The summed E-state index contributed by atoms with van der Waals surface area (Å²) < 4.78 is 0. The Morgan fingerprint density at radius 3 is 2.19 bits per heavy atom. The van der Waals surface area contributed by atoms with Crippen LogP contribution in [0.15, 0.2) is 78.8 Å². The van der Waals surface area contributed by atoms with Crippen LogP contribution in [-0.4, -0.2) is 20.9 Å². The Bertz CT molecular complexity index is 1290. The summed E-state index contributed by atoms with van der Waals surface area (Å²) in [4.78, 5) is 20.5. The number of hydrogen-bond acceptors (Lipinski definition) is 4. The van der Waals surface area contributed by atoms with Gasteiger partial charge in [0, 0.05) is 43.7 Å². The molecule has 0 atom stereocenters. The second-order valence-corrected chi connectivity index (χ2v) is 8.70. The maximum Gasteiger partial charge on any atom is 0.162 e. The average molecular weight is 660 g/mol. The molecule has 0 unspecified atom stereocenters. The predicted octanol–water partition coefficient (Wildman–Crippen LogP) is 8.12. The van der Waals surface area contributed by atoms with E-state index in [9.17, 15) is 9.90 Å². The van der Waals surface area contributed by atoms with Crippen LogP contribution in [0.4, 0.5) is 0 Å². The third kappa shape index (κ3) is 7.32. The second kappa shape index (κ2) is 14.6. The zero-order chi connectivity index (χ0) is 25.2. The van der Waals surface area contributed by atoms with Gasteiger partial charge in [-0.3, -0.25) is 9.78 Å². The van der Waals surface area contributed by atoms with Crippen LogP contribution in [0.5, 0.6) is 0 Å². The largest absolute Gasteiger partial charge is 0.512 e. The number of nitrogens with zero attached hydrogens (tertiary/aromatic N) is 2. The summed E-state index contributed by atoms with van der Waals surface area (Å²) in [6, 6.07) is 23.9. The van der Waals surface area contributed by atoms with Crippen LogP contribution >= 0.6 is 0 Å². The van der Waals surface area contributed by atoms with Crippen LogP contribution in [0.1, 0.15) is 53.4 Å². The first-order valence-electron chi connectivity index (χ1n) is 12.6. The fraction of sp³-hybridized carbons (Fsp3) is 0.323. The van der Waals surface area contributed by atoms with Crippen molar-refractivity contribution in [2.75, 3.05) is 0 Å². The third-order valence-electron chi connectivity index (χ3n) is 6.54. The van der Waals surface area contributed by atoms with Crippen molar-refractivity contribution in [1.82, 2.24) is 9.97 Å². The molecule has 0 saturated carbocycles. The van der Waals surface area contributed by atoms with Crippen molar-refractivity contribution in [2.45, 2.75) is 53.4 Å². The van der Waals surface area contributed by atoms with Gasteiger partial charge in [-0.2, -0.15) is 0 Å². The zero-order valence-electron chi connectivity index (χ0n) is 21.5. The number of carbonyl (C=O) groups is 1. The van der Waals surface area contributed by atoms with E-state index in [2.05, 4.69) is 40.3 Å². The Morgan fingerprint density at radius 2 is 1.50 bits per heavy atom. The van der Waals surface area contributed by atoms with Gasteiger partial charge in [0.1, 0.15) is 6.33 Å². The van der Waals surface area contributed by atoms with Crippen LogP contribution in [0, 0.1) is 17.9 Å². The van der Waals surface area contributed by atoms with E-state index in [1.807, 2.05) is 64.1 Å². The van der Waals surface area contributed by atoms with Crippen molar-refractivity contribution >= 4 is 27.5 Å². The number of fused-ring (bicyclic) bond motifs is 2. The van der Waals surface area contributed by atoms with Gasteiger partial charge in [-0.15, -0.1) is 29.7 Å². The summed E-state index contributed by atoms with van der Waals surface area (Å²) in [5.74, 6) is 0.547. The minimum absolute atomic E-state index is 0. The molecule has 1 radical (unpaired) electrons. The first-order chi connectivity index (χ1) is 17.0. The summed E-state index contributed by atoms with van der Waals surface area (Å²) in [6.45, 7) is 8.07. The molecule has 0 fully saturated rings. The van der Waals surface area contributed by atoms with Crippen molar-refractivity contribution in [3.63, 3.8) is 0 Å². The average Bonchev–Trinajstić information content (AvgIpc) is 2.90. The van der Waals surface area contributed by atoms with Gasteiger partial charge < -0.3 is 5.11 Å². The molecular formula is C31H35IrN2O2-. The van der Waals surface area contributed by atoms with E-state index < -0.39 is 0 Å². The van der Waals surface area contributed by atoms with Gasteiger partial charge in [-0.1, -0.05) is 75.0 Å². The third-order valence-corrected chi connectivity index (χ3v) is 6.54. The SMILES string of the molecule is CCC(CC)C(=O)/C=C(\O)C(CC)CC.[Ir].[c-]1c(-c2ncnc3ccccc23)ccc2ccccc12. The summed E-state index contributed by atoms with van der Waals surface area (Å²) in [6.07, 6.45) is 6.52. The number of carbonyl (C=O) groups excluding carboxylic acids is 1. The number of aliphatic hydroxyl groups is 1. The summed E-state index contributed by atoms with van der Waals surface area (Å²) in [5, 5.41) is 13.1. The molecule has 4 aromatic rings. The van der Waals surface area contributed by atoms with Crippen LogP contribution in [0.3, 0.4) is 0 Å². The Balaban J connectivity index is 0.000000260. The van der Waals surface area contributed by atoms with Gasteiger partial charge in [0.05, 0.1) is 11.3 Å². The van der Waals surface area contributed by atoms with E-state index in [4.69, 9.17) is 0 Å². The summed E-state index contributed by atoms with van der Waals surface area (Å²) in [5.41, 5.74) is 2.89. The quantitative estimate of drug-likeness (QED) is 0.118. The number of para-hydroxylation sites is 1. The van der Waals surface area contributed by atoms with E-state index in [1.165, 1.54) is 11.5 Å². The molecule has 4 nitrogen and oxygen atoms in total. The number of aliphatic hydroxyl groups excluding tert-OH is 1. The Hall–Kier alpha value is -2.88. The molecule has 0 saturated heterocycles. The predicted molar refractivity (Wildman–Crippen MR) is 145 cm³/mol. The molecule has 0 aliphatic heterocycles. The molecule has 3 aromatic carbocycles. The van der Waals surface area contributed by atoms with Gasteiger partial charge >= 0.3 is 0 Å². The fourth-order valence-electron chi connectivity index (χ4n) is 4.25. The van der Waals surface area contributed by atoms with Crippen LogP contribution in [-0.2, 0) is 24.9 Å². The van der Waals surface area contributed by atoms with E-state index in [0.717, 1.165) is 53.2 Å². The first-order valence-corrected chi connectivity index (χ1v) is 12.6. The molecule has 4 rings (SSSR count). The Labute approximate surface area is 228 Å². The zero-order valence-corrected chi connectivity index (χ0v) is 23.9. The molecule has 0 bridgehead atoms. The fourth-order valence-corrected chi connectivity index (χ4v) is 4.25. The monoisotopic (exact) mass is 660 g/mol. The molecule has 1 heterocycles. The molecule has 0 aliphatic rings. The molecule has 36 heavy (non-hydrogen) atoms. The van der Waals surface area contributed by atoms with Gasteiger partial charge in [0.25, 0.3) is 0 Å². The maximum absolute atomic E-state index is 11.7. The Kier molecular flexibility index (Phi) is 11.9. The number of hydrogen-bond donors (Lipinski definition) is 1. The number of aromatic nitrogens is 2. The van der Waals surface area contributed by atoms with E-state index in [0.29, 0.717) is 0 Å². The van der Waals surface area contributed by atoms with Crippen molar-refractivity contribution in [2.24, 2.45) is 11.8 Å². The van der Waals surface area contributed by atoms with Crippen molar-refractivity contribution in [3.05, 3.63) is 84.9 Å². The number of benzene rings is 3. The van der Waals surface area contributed by atoms with E-state index >= 15 is 0 Å². The molecule has 0 amide bonds. The van der Waals surface area contributed by atoms with Crippen molar-refractivity contribution in [3.8, 4) is 11.3 Å². The summed E-state index contributed by atoms with van der Waals surface area (Å²) >= 11 is 0. The smallest absolute Gasteiger partial charge is 0.162 e. The molecular weight excluding hydrogens is 625 g/mol. The molecule has 1 aromatic heterocycles. The molecule has 191 valence electrons. The van der Waals surface area contributed by atoms with Gasteiger partial charge in [-0.25, -0.2) is 4.98 Å². The second-order valence-electron chi connectivity index (χ2n) is 8.70. The minimum atomic E-state index is 0. The van der Waals surface area contributed by atoms with Gasteiger partial charge in [0.2, 0.25) is 0 Å². The van der Waals surface area contributed by atoms with Gasteiger partial charge in [0.15, 0.2) is 5.78 Å². The molecule has 5 heteroatoms. The number of allylic oxidation sites excluding steroid dienone is 2. The molecule has 1 N–H and O–H groups in total. The van der Waals surface area contributed by atoms with Crippen LogP contribution in [0.25, 0.3) is 32.9 Å². The van der Waals surface area contributed by atoms with E-state index in [1.54, 1.807) is 6.33 Å². The van der Waals surface area contributed by atoms with Crippen molar-refractivity contribution < 1.29 is 30.0 Å². The normalized spacial score (nSPS) is 11.3. The molecule has 0 aliphatic carbocycles. The Morgan fingerprint density at radius 1 is 0.861 bits per heavy atom. The number of ketones is 1.